The van der Waals surface area contributed by atoms with E-state index >= 15 is 0 Å². The molecule has 1 fully saturated rings. The van der Waals surface area contributed by atoms with Crippen molar-refractivity contribution in [1.29, 1.82) is 0 Å². The van der Waals surface area contributed by atoms with Gasteiger partial charge in [0.2, 0.25) is 11.6 Å². The second-order valence-corrected chi connectivity index (χ2v) is 7.84. The Balaban J connectivity index is 1.58. The SMILES string of the molecule is CN(Cc1c(C(=O)N/N=C/c2cc(F)ccc2F)nnn1-c1nonc1N)C1CCCCC1. The van der Waals surface area contributed by atoms with Crippen LogP contribution in [0.2, 0.25) is 0 Å². The van der Waals surface area contributed by atoms with Gasteiger partial charge in [-0.2, -0.15) is 9.78 Å². The van der Waals surface area contributed by atoms with E-state index in [1.165, 1.54) is 11.1 Å². The van der Waals surface area contributed by atoms with Crippen LogP contribution in [-0.2, 0) is 6.54 Å². The van der Waals surface area contributed by atoms with Gasteiger partial charge in [-0.3, -0.25) is 9.69 Å². The van der Waals surface area contributed by atoms with Gasteiger partial charge in [-0.15, -0.1) is 5.10 Å². The molecular weight excluding hydrogens is 436 g/mol. The van der Waals surface area contributed by atoms with Crippen molar-refractivity contribution >= 4 is 17.9 Å². The molecule has 33 heavy (non-hydrogen) atoms. The predicted octanol–water partition coefficient (Wildman–Crippen LogP) is 2.04. The van der Waals surface area contributed by atoms with Crippen LogP contribution in [-0.4, -0.2) is 55.4 Å². The van der Waals surface area contributed by atoms with Crippen LogP contribution in [0.4, 0.5) is 14.6 Å². The summed E-state index contributed by atoms with van der Waals surface area (Å²) in [5.41, 5.74) is 8.37. The Morgan fingerprint density at radius 1 is 1.33 bits per heavy atom. The van der Waals surface area contributed by atoms with Crippen molar-refractivity contribution in [1.82, 2.24) is 35.6 Å². The summed E-state index contributed by atoms with van der Waals surface area (Å²) in [5.74, 6) is -1.88. The van der Waals surface area contributed by atoms with Gasteiger partial charge in [-0.1, -0.05) is 24.5 Å². The zero-order valence-electron chi connectivity index (χ0n) is 17.9. The number of benzene rings is 1. The molecule has 1 aromatic carbocycles. The Morgan fingerprint density at radius 3 is 2.85 bits per heavy atom. The molecule has 1 amide bonds. The Kier molecular flexibility index (Phi) is 6.68. The summed E-state index contributed by atoms with van der Waals surface area (Å²) in [4.78, 5) is 14.9. The summed E-state index contributed by atoms with van der Waals surface area (Å²) in [7, 11) is 1.96. The van der Waals surface area contributed by atoms with E-state index in [9.17, 15) is 13.6 Å². The van der Waals surface area contributed by atoms with E-state index < -0.39 is 17.5 Å². The fraction of sp³-hybridized carbons (Fsp3) is 0.400. The molecule has 4 rings (SSSR count). The van der Waals surface area contributed by atoms with Gasteiger partial charge in [-0.25, -0.2) is 18.8 Å². The monoisotopic (exact) mass is 459 g/mol. The summed E-state index contributed by atoms with van der Waals surface area (Å²) < 4.78 is 33.1. The number of nitrogens with one attached hydrogen (secondary N) is 1. The third-order valence-corrected chi connectivity index (χ3v) is 5.60. The maximum absolute atomic E-state index is 13.8. The van der Waals surface area contributed by atoms with Gasteiger partial charge in [0.05, 0.1) is 11.9 Å². The molecule has 0 bridgehead atoms. The van der Waals surface area contributed by atoms with Gasteiger partial charge in [0, 0.05) is 18.2 Å². The van der Waals surface area contributed by atoms with Crippen LogP contribution in [0, 0.1) is 11.6 Å². The van der Waals surface area contributed by atoms with Gasteiger partial charge in [0.25, 0.3) is 5.91 Å². The highest BCUT2D eigenvalue weighted by Crippen LogP contribution is 2.24. The predicted molar refractivity (Wildman–Crippen MR) is 113 cm³/mol. The average molecular weight is 459 g/mol. The lowest BCUT2D eigenvalue weighted by Gasteiger charge is -2.31. The third-order valence-electron chi connectivity index (χ3n) is 5.60. The number of hydrogen-bond donors (Lipinski definition) is 2. The number of nitrogens with zero attached hydrogens (tertiary/aromatic N) is 7. The normalized spacial score (nSPS) is 14.9. The average Bonchev–Trinajstić information content (AvgIpc) is 3.42. The Morgan fingerprint density at radius 2 is 2.12 bits per heavy atom. The van der Waals surface area contributed by atoms with Crippen molar-refractivity contribution in [2.75, 3.05) is 12.8 Å². The number of nitrogens with two attached hydrogens (primary N) is 1. The molecule has 0 spiro atoms. The van der Waals surface area contributed by atoms with Gasteiger partial charge in [-0.05, 0) is 48.4 Å². The third kappa shape index (κ3) is 5.03. The molecule has 0 aliphatic heterocycles. The van der Waals surface area contributed by atoms with E-state index in [-0.39, 0.29) is 22.9 Å². The molecule has 1 saturated carbocycles. The minimum absolute atomic E-state index is 0.00646. The van der Waals surface area contributed by atoms with Gasteiger partial charge in [0.1, 0.15) is 11.6 Å². The zero-order chi connectivity index (χ0) is 23.4. The van der Waals surface area contributed by atoms with Crippen LogP contribution in [0.1, 0.15) is 53.8 Å². The van der Waals surface area contributed by atoms with Crippen LogP contribution in [0.25, 0.3) is 5.82 Å². The first-order valence-electron chi connectivity index (χ1n) is 10.5. The molecule has 3 aromatic rings. The topological polar surface area (TPSA) is 140 Å². The smallest absolute Gasteiger partial charge is 0.293 e. The molecule has 0 atom stereocenters. The number of hydrazone groups is 1. The minimum Gasteiger partial charge on any atom is -0.378 e. The van der Waals surface area contributed by atoms with E-state index in [0.29, 0.717) is 18.3 Å². The highest BCUT2D eigenvalue weighted by molar-refractivity contribution is 5.94. The molecule has 0 radical (unpaired) electrons. The molecule has 3 N–H and O–H groups in total. The fourth-order valence-corrected chi connectivity index (χ4v) is 3.84. The molecule has 2 aromatic heterocycles. The van der Waals surface area contributed by atoms with Gasteiger partial charge >= 0.3 is 0 Å². The molecular formula is C20H23F2N9O2. The van der Waals surface area contributed by atoms with Crippen molar-refractivity contribution in [2.24, 2.45) is 5.10 Å². The largest absolute Gasteiger partial charge is 0.378 e. The van der Waals surface area contributed by atoms with Gasteiger partial charge < -0.3 is 5.73 Å². The number of halogens is 2. The van der Waals surface area contributed by atoms with Crippen LogP contribution in [0.5, 0.6) is 0 Å². The van der Waals surface area contributed by atoms with Crippen LogP contribution in [0.15, 0.2) is 27.9 Å². The summed E-state index contributed by atoms with van der Waals surface area (Å²) in [5, 5.41) is 19.0. The van der Waals surface area contributed by atoms with E-state index in [1.54, 1.807) is 0 Å². The lowest BCUT2D eigenvalue weighted by molar-refractivity contribution is 0.0947. The number of anilines is 1. The number of nitrogen functional groups attached to an aromatic ring is 1. The van der Waals surface area contributed by atoms with Crippen LogP contribution < -0.4 is 11.2 Å². The Labute approximate surface area is 187 Å². The molecule has 2 heterocycles. The molecule has 1 aliphatic rings. The number of aromatic nitrogens is 5. The lowest BCUT2D eigenvalue weighted by atomic mass is 9.94. The number of hydrogen-bond acceptors (Lipinski definition) is 9. The first kappa shape index (κ1) is 22.5. The minimum atomic E-state index is -0.684. The van der Waals surface area contributed by atoms with Crippen molar-refractivity contribution in [3.63, 3.8) is 0 Å². The van der Waals surface area contributed by atoms with Crippen molar-refractivity contribution in [3.05, 3.63) is 46.8 Å². The molecule has 1 aliphatic carbocycles. The summed E-state index contributed by atoms with van der Waals surface area (Å²) >= 11 is 0. The van der Waals surface area contributed by atoms with Gasteiger partial charge in [0.15, 0.2) is 5.69 Å². The highest BCUT2D eigenvalue weighted by atomic mass is 19.1. The quantitative estimate of drug-likeness (QED) is 0.404. The summed E-state index contributed by atoms with van der Waals surface area (Å²) in [6.45, 7) is 0.328. The van der Waals surface area contributed by atoms with Crippen molar-refractivity contribution in [2.45, 2.75) is 44.7 Å². The highest BCUT2D eigenvalue weighted by Gasteiger charge is 2.27. The van der Waals surface area contributed by atoms with E-state index in [0.717, 1.165) is 50.1 Å². The second kappa shape index (κ2) is 9.81. The maximum Gasteiger partial charge on any atom is 0.293 e. The molecule has 174 valence electrons. The zero-order valence-corrected chi connectivity index (χ0v) is 17.9. The second-order valence-electron chi connectivity index (χ2n) is 7.84. The Bertz CT molecular complexity index is 1150. The number of amides is 1. The van der Waals surface area contributed by atoms with E-state index in [2.05, 4.69) is 40.7 Å². The number of carbonyl (C=O) groups is 1. The number of rotatable bonds is 7. The summed E-state index contributed by atoms with van der Waals surface area (Å²) in [6, 6.07) is 3.27. The molecule has 13 heteroatoms. The van der Waals surface area contributed by atoms with Crippen molar-refractivity contribution < 1.29 is 18.2 Å². The van der Waals surface area contributed by atoms with Crippen LogP contribution >= 0.6 is 0 Å². The van der Waals surface area contributed by atoms with Crippen LogP contribution in [0.3, 0.4) is 0 Å². The van der Waals surface area contributed by atoms with E-state index in [1.807, 2.05) is 7.05 Å². The standard InChI is InChI=1S/C20H23F2N9O2/c1-30(14-5-3-2-4-6-14)11-16-17(25-29-31(16)19-18(23)27-33-28-19)20(32)26-24-10-12-9-13(21)7-8-15(12)22/h7-10,14H,2-6,11H2,1H3,(H2,23,27)(H,26,32)/b24-10+. The Hall–Kier alpha value is -3.74. The van der Waals surface area contributed by atoms with E-state index in [4.69, 9.17) is 5.73 Å². The fourth-order valence-electron chi connectivity index (χ4n) is 3.84. The molecule has 0 unspecified atom stereocenters. The number of carbonyl (C=O) groups excluding carboxylic acids is 1. The first-order valence-corrected chi connectivity index (χ1v) is 10.5. The molecule has 0 saturated heterocycles. The van der Waals surface area contributed by atoms with Crippen molar-refractivity contribution in [3.8, 4) is 5.82 Å². The summed E-state index contributed by atoms with van der Waals surface area (Å²) in [6.07, 6.45) is 6.61. The molecule has 11 nitrogen and oxygen atoms in total. The first-order chi connectivity index (χ1) is 15.9. The lowest BCUT2D eigenvalue weighted by Crippen LogP contribution is -2.34. The maximum atomic E-state index is 13.8.